The van der Waals surface area contributed by atoms with E-state index in [0.717, 1.165) is 21.7 Å². The van der Waals surface area contributed by atoms with Gasteiger partial charge in [-0.15, -0.1) is 0 Å². The number of aryl methyl sites for hydroxylation is 2. The number of carbonyl (C=O) groups excluding carboxylic acids is 1. The van der Waals surface area contributed by atoms with Crippen molar-refractivity contribution in [2.75, 3.05) is 12.4 Å². The summed E-state index contributed by atoms with van der Waals surface area (Å²) in [7, 11) is 1.38. The second-order valence-electron chi connectivity index (χ2n) is 6.77. The fourth-order valence-electron chi connectivity index (χ4n) is 2.94. The van der Waals surface area contributed by atoms with E-state index in [1.54, 1.807) is 24.4 Å². The first-order valence-electron chi connectivity index (χ1n) is 9.25. The van der Waals surface area contributed by atoms with Gasteiger partial charge in [0.2, 0.25) is 0 Å². The molecule has 0 bridgehead atoms. The molecule has 0 aliphatic heterocycles. The van der Waals surface area contributed by atoms with Gasteiger partial charge in [-0.1, -0.05) is 29.5 Å². The molecule has 7 nitrogen and oxygen atoms in total. The van der Waals surface area contributed by atoms with E-state index in [-0.39, 0.29) is 12.4 Å². The van der Waals surface area contributed by atoms with Crippen molar-refractivity contribution >= 4 is 11.7 Å². The van der Waals surface area contributed by atoms with Gasteiger partial charge in [-0.3, -0.25) is 4.98 Å². The smallest absolute Gasteiger partial charge is 0.343 e. The maximum atomic E-state index is 14.0. The number of pyridine rings is 1. The zero-order chi connectivity index (χ0) is 21.7. The molecule has 0 fully saturated rings. The van der Waals surface area contributed by atoms with E-state index < -0.39 is 6.03 Å². The van der Waals surface area contributed by atoms with Gasteiger partial charge in [-0.2, -0.15) is 10.5 Å². The Morgan fingerprint density at radius 1 is 1.20 bits per heavy atom. The van der Waals surface area contributed by atoms with Crippen LogP contribution in [0.15, 0.2) is 60.0 Å². The average molecular weight is 407 g/mol. The number of urea groups is 1. The van der Waals surface area contributed by atoms with Crippen molar-refractivity contribution in [1.29, 1.82) is 5.53 Å². The maximum Gasteiger partial charge on any atom is 0.343 e. The Hall–Kier alpha value is -3.81. The third-order valence-electron chi connectivity index (χ3n) is 4.64. The van der Waals surface area contributed by atoms with Gasteiger partial charge in [0.1, 0.15) is 23.9 Å². The van der Waals surface area contributed by atoms with Crippen LogP contribution in [-0.4, -0.2) is 23.1 Å². The maximum absolute atomic E-state index is 14.0. The van der Waals surface area contributed by atoms with E-state index in [4.69, 9.17) is 10.3 Å². The predicted octanol–water partition coefficient (Wildman–Crippen LogP) is 5.49. The van der Waals surface area contributed by atoms with E-state index in [1.807, 2.05) is 38.1 Å². The number of para-hydroxylation sites is 1. The quantitative estimate of drug-likeness (QED) is 0.418. The Morgan fingerprint density at radius 2 is 2.00 bits per heavy atom. The van der Waals surface area contributed by atoms with Crippen LogP contribution in [0.25, 0.3) is 11.3 Å². The molecule has 3 aromatic rings. The van der Waals surface area contributed by atoms with E-state index in [2.05, 4.69) is 15.5 Å². The third kappa shape index (κ3) is 4.60. The third-order valence-corrected chi connectivity index (χ3v) is 4.64. The van der Waals surface area contributed by atoms with Crippen molar-refractivity contribution in [2.24, 2.45) is 5.22 Å². The lowest BCUT2D eigenvalue weighted by molar-refractivity contribution is 0.219. The molecule has 0 unspecified atom stereocenters. The summed E-state index contributed by atoms with van der Waals surface area (Å²) in [5.74, 6) is 0.161. The van der Waals surface area contributed by atoms with Gasteiger partial charge in [0, 0.05) is 18.8 Å². The number of carbonyl (C=O) groups is 1. The summed E-state index contributed by atoms with van der Waals surface area (Å²) >= 11 is 0. The van der Waals surface area contributed by atoms with E-state index in [0.29, 0.717) is 22.7 Å². The predicted molar refractivity (Wildman–Crippen MR) is 112 cm³/mol. The molecule has 0 aliphatic rings. The molecule has 2 aromatic carbocycles. The average Bonchev–Trinajstić information content (AvgIpc) is 2.74. The molecule has 0 aliphatic carbocycles. The Bertz CT molecular complexity index is 1090. The highest BCUT2D eigenvalue weighted by atomic mass is 19.1. The number of ether oxygens (including phenoxy) is 1. The summed E-state index contributed by atoms with van der Waals surface area (Å²) in [6.45, 7) is 4.07. The molecule has 1 aromatic heterocycles. The summed E-state index contributed by atoms with van der Waals surface area (Å²) in [5.41, 5.74) is 11.1. The molecule has 154 valence electrons. The molecular formula is C22H22FN5O2. The fraction of sp³-hybridized carbons (Fsp3) is 0.182. The highest BCUT2D eigenvalue weighted by molar-refractivity contribution is 5.90. The van der Waals surface area contributed by atoms with Gasteiger partial charge < -0.3 is 10.1 Å². The van der Waals surface area contributed by atoms with Crippen LogP contribution in [0.1, 0.15) is 16.7 Å². The van der Waals surface area contributed by atoms with Crippen LogP contribution in [0.3, 0.4) is 0 Å². The molecule has 0 saturated carbocycles. The second kappa shape index (κ2) is 9.13. The van der Waals surface area contributed by atoms with Crippen LogP contribution in [0.2, 0.25) is 0 Å². The molecule has 8 heteroatoms. The first-order chi connectivity index (χ1) is 14.4. The van der Waals surface area contributed by atoms with Crippen molar-refractivity contribution in [3.05, 3.63) is 77.2 Å². The first kappa shape index (κ1) is 20.9. The highest BCUT2D eigenvalue weighted by Crippen LogP contribution is 2.30. The SMILES string of the molecule is Cc1cc(-c2ncccc2F)ccc1COc1c(C)cccc1NC(=O)N(C)N=N. The molecule has 2 amide bonds. The summed E-state index contributed by atoms with van der Waals surface area (Å²) in [5, 5.41) is 6.65. The molecule has 0 radical (unpaired) electrons. The lowest BCUT2D eigenvalue weighted by Gasteiger charge is -2.17. The second-order valence-corrected chi connectivity index (χ2v) is 6.77. The number of benzene rings is 2. The number of rotatable bonds is 6. The molecule has 2 N–H and O–H groups in total. The Labute approximate surface area is 174 Å². The van der Waals surface area contributed by atoms with Crippen LogP contribution < -0.4 is 10.1 Å². The molecular weight excluding hydrogens is 385 g/mol. The van der Waals surface area contributed by atoms with Gasteiger partial charge in [0.05, 0.1) is 5.69 Å². The van der Waals surface area contributed by atoms with Crippen LogP contribution in [0.4, 0.5) is 14.9 Å². The zero-order valence-corrected chi connectivity index (χ0v) is 16.9. The highest BCUT2D eigenvalue weighted by Gasteiger charge is 2.14. The largest absolute Gasteiger partial charge is 0.486 e. The van der Waals surface area contributed by atoms with Gasteiger partial charge >= 0.3 is 6.03 Å². The van der Waals surface area contributed by atoms with Gasteiger partial charge in [0.25, 0.3) is 0 Å². The Kier molecular flexibility index (Phi) is 6.36. The van der Waals surface area contributed by atoms with E-state index in [1.165, 1.54) is 13.1 Å². The number of amides is 2. The number of nitrogens with one attached hydrogen (secondary N) is 2. The zero-order valence-electron chi connectivity index (χ0n) is 16.9. The van der Waals surface area contributed by atoms with Crippen molar-refractivity contribution in [1.82, 2.24) is 9.99 Å². The summed E-state index contributed by atoms with van der Waals surface area (Å²) in [4.78, 5) is 16.2. The minimum atomic E-state index is -0.543. The summed E-state index contributed by atoms with van der Waals surface area (Å²) < 4.78 is 20.0. The minimum Gasteiger partial charge on any atom is -0.486 e. The number of hydrogen-bond donors (Lipinski definition) is 2. The molecule has 0 atom stereocenters. The first-order valence-corrected chi connectivity index (χ1v) is 9.25. The monoisotopic (exact) mass is 407 g/mol. The van der Waals surface area contributed by atoms with Gasteiger partial charge in [-0.25, -0.2) is 9.18 Å². The minimum absolute atomic E-state index is 0.267. The van der Waals surface area contributed by atoms with Crippen LogP contribution in [0.5, 0.6) is 5.75 Å². The van der Waals surface area contributed by atoms with Crippen LogP contribution >= 0.6 is 0 Å². The standard InChI is InChI=1S/C22H22FN5O2/c1-14-6-4-8-19(26-22(29)28(3)27-24)21(14)30-13-17-10-9-16(12-15(17)2)20-18(23)7-5-11-25-20/h4-12,24H,13H2,1-3H3,(H,26,29). The van der Waals surface area contributed by atoms with Crippen molar-refractivity contribution in [2.45, 2.75) is 20.5 Å². The van der Waals surface area contributed by atoms with Gasteiger partial charge in [0.15, 0.2) is 0 Å². The van der Waals surface area contributed by atoms with Gasteiger partial charge in [-0.05, 0) is 54.8 Å². The van der Waals surface area contributed by atoms with Crippen molar-refractivity contribution in [3.8, 4) is 17.0 Å². The van der Waals surface area contributed by atoms with E-state index >= 15 is 0 Å². The Balaban J connectivity index is 1.80. The normalized spacial score (nSPS) is 10.4. The molecule has 3 rings (SSSR count). The summed E-state index contributed by atoms with van der Waals surface area (Å²) in [6.07, 6.45) is 1.56. The molecule has 0 spiro atoms. The van der Waals surface area contributed by atoms with Crippen molar-refractivity contribution in [3.63, 3.8) is 0 Å². The number of nitrogens with zero attached hydrogens (tertiary/aromatic N) is 3. The molecule has 30 heavy (non-hydrogen) atoms. The number of aromatic nitrogens is 1. The van der Waals surface area contributed by atoms with Crippen LogP contribution in [0, 0.1) is 25.2 Å². The number of anilines is 1. The van der Waals surface area contributed by atoms with Crippen molar-refractivity contribution < 1.29 is 13.9 Å². The lowest BCUT2D eigenvalue weighted by atomic mass is 10.0. The lowest BCUT2D eigenvalue weighted by Crippen LogP contribution is -2.26. The van der Waals surface area contributed by atoms with Crippen LogP contribution in [-0.2, 0) is 6.61 Å². The number of halogens is 1. The molecule has 0 saturated heterocycles. The molecule has 1 heterocycles. The van der Waals surface area contributed by atoms with E-state index in [9.17, 15) is 9.18 Å². The number of hydrogen-bond acceptors (Lipinski definition) is 5. The Morgan fingerprint density at radius 3 is 2.70 bits per heavy atom. The topological polar surface area (TPSA) is 90.7 Å². The summed E-state index contributed by atoms with van der Waals surface area (Å²) in [6, 6.07) is 13.4. The fourth-order valence-corrected chi connectivity index (χ4v) is 2.94.